The van der Waals surface area contributed by atoms with Crippen molar-refractivity contribution in [3.8, 4) is 22.9 Å². The van der Waals surface area contributed by atoms with Crippen LogP contribution in [0, 0.1) is 0 Å². The van der Waals surface area contributed by atoms with Gasteiger partial charge < -0.3 is 19.6 Å². The topological polar surface area (TPSA) is 107 Å². The summed E-state index contributed by atoms with van der Waals surface area (Å²) in [6.07, 6.45) is -1.45. The number of nitrogens with one attached hydrogen (secondary N) is 1. The number of anilines is 1. The van der Waals surface area contributed by atoms with E-state index in [9.17, 15) is 18.0 Å². The van der Waals surface area contributed by atoms with E-state index in [1.807, 2.05) is 19.2 Å². The van der Waals surface area contributed by atoms with Gasteiger partial charge >= 0.3 is 6.18 Å². The molecule has 8 nitrogen and oxygen atoms in total. The average molecular weight is 558 g/mol. The third-order valence-corrected chi connectivity index (χ3v) is 5.97. The van der Waals surface area contributed by atoms with Crippen molar-refractivity contribution < 1.29 is 37.0 Å². The number of benzene rings is 1. The first-order chi connectivity index (χ1) is 17.7. The number of aldehydes is 1. The molecule has 0 atom stereocenters. The first-order valence-electron chi connectivity index (χ1n) is 10.6. The van der Waals surface area contributed by atoms with Crippen LogP contribution < -0.4 is 10.1 Å². The van der Waals surface area contributed by atoms with Gasteiger partial charge in [-0.3, -0.25) is 9.59 Å². The molecule has 4 rings (SSSR count). The molecule has 2 N–H and O–H groups in total. The van der Waals surface area contributed by atoms with Gasteiger partial charge in [-0.15, -0.1) is 11.3 Å². The van der Waals surface area contributed by atoms with Crippen molar-refractivity contribution in [1.29, 1.82) is 0 Å². The number of carboxylic acid groups (broad SMARTS) is 1. The van der Waals surface area contributed by atoms with Crippen LogP contribution in [0.2, 0.25) is 5.02 Å². The third-order valence-electron chi connectivity index (χ3n) is 4.61. The molecule has 1 aromatic carbocycles. The molecule has 0 radical (unpaired) electrons. The Morgan fingerprint density at radius 1 is 1.24 bits per heavy atom. The van der Waals surface area contributed by atoms with Gasteiger partial charge in [-0.05, 0) is 36.2 Å². The number of ether oxygens (including phenoxy) is 1. The number of hydrogen-bond acceptors (Lipinski definition) is 7. The van der Waals surface area contributed by atoms with Crippen LogP contribution >= 0.6 is 22.9 Å². The summed E-state index contributed by atoms with van der Waals surface area (Å²) in [4.78, 5) is 18.7. The summed E-state index contributed by atoms with van der Waals surface area (Å²) in [5, 5.41) is 17.1. The highest BCUT2D eigenvalue weighted by Crippen LogP contribution is 2.36. The largest absolute Gasteiger partial charge is 0.483 e. The third kappa shape index (κ3) is 7.86. The number of thiophene rings is 1. The van der Waals surface area contributed by atoms with Crippen LogP contribution in [0.25, 0.3) is 17.0 Å². The van der Waals surface area contributed by atoms with E-state index in [-0.39, 0.29) is 29.7 Å². The van der Waals surface area contributed by atoms with Gasteiger partial charge in [0.25, 0.3) is 6.47 Å². The Balaban J connectivity index is 0.000000247. The normalized spacial score (nSPS) is 10.4. The predicted octanol–water partition coefficient (Wildman–Crippen LogP) is 6.44. The molecule has 0 bridgehead atoms. The molecule has 13 heteroatoms. The smallest absolute Gasteiger partial charge is 0.435 e. The van der Waals surface area contributed by atoms with Crippen molar-refractivity contribution in [1.82, 2.24) is 9.78 Å². The molecule has 0 saturated carbocycles. The number of alkyl halides is 3. The summed E-state index contributed by atoms with van der Waals surface area (Å²) in [5.41, 5.74) is 1.66. The summed E-state index contributed by atoms with van der Waals surface area (Å²) in [6, 6.07) is 10.9. The summed E-state index contributed by atoms with van der Waals surface area (Å²) in [7, 11) is 1.96. The van der Waals surface area contributed by atoms with Crippen LogP contribution in [-0.2, 0) is 22.2 Å². The number of carbonyl (C=O) groups excluding carboxylic acids is 1. The van der Waals surface area contributed by atoms with Crippen LogP contribution in [-0.4, -0.2) is 41.3 Å². The van der Waals surface area contributed by atoms with Crippen LogP contribution in [0.3, 0.4) is 0 Å². The lowest BCUT2D eigenvalue weighted by molar-refractivity contribution is -0.141. The van der Waals surface area contributed by atoms with Crippen molar-refractivity contribution in [2.45, 2.75) is 19.5 Å². The summed E-state index contributed by atoms with van der Waals surface area (Å²) in [6.45, 7) is 1.53. The molecule has 0 fully saturated rings. The van der Waals surface area contributed by atoms with E-state index in [2.05, 4.69) is 22.7 Å². The standard InChI is InChI=1S/C12H8ClF3N2O2.C11H13NOS.CH2O2/c13-8-3-1-2-4-9(8)18-11(20-6-5-19)7-10(17-18)12(14,15)16;1-3-8-9(7-14-11(8)12-2)10-5-4-6-13-10;2-1-3/h1-5,7H,6H2;4-7,12H,3H2,1-2H3;1H,(H,2,3). The molecule has 4 aromatic rings. The molecule has 0 aliphatic rings. The zero-order valence-electron chi connectivity index (χ0n) is 19.7. The number of nitrogens with zero attached hydrogens (tertiary/aromatic N) is 2. The molecule has 0 saturated heterocycles. The zero-order valence-corrected chi connectivity index (χ0v) is 21.2. The van der Waals surface area contributed by atoms with E-state index in [0.29, 0.717) is 12.4 Å². The maximum absolute atomic E-state index is 12.7. The lowest BCUT2D eigenvalue weighted by atomic mass is 10.1. The first-order valence-corrected chi connectivity index (χ1v) is 11.9. The highest BCUT2D eigenvalue weighted by molar-refractivity contribution is 7.14. The minimum Gasteiger partial charge on any atom is -0.483 e. The maximum Gasteiger partial charge on any atom is 0.435 e. The summed E-state index contributed by atoms with van der Waals surface area (Å²) >= 11 is 7.65. The molecule has 0 unspecified atom stereocenters. The summed E-state index contributed by atoms with van der Waals surface area (Å²) < 4.78 is 49.3. The van der Waals surface area contributed by atoms with Crippen molar-refractivity contribution in [2.24, 2.45) is 0 Å². The van der Waals surface area contributed by atoms with Gasteiger partial charge in [-0.25, -0.2) is 0 Å². The van der Waals surface area contributed by atoms with E-state index < -0.39 is 11.9 Å². The second-order valence-electron chi connectivity index (χ2n) is 6.85. The quantitative estimate of drug-likeness (QED) is 0.252. The van der Waals surface area contributed by atoms with Crippen molar-refractivity contribution in [3.63, 3.8) is 0 Å². The van der Waals surface area contributed by atoms with Gasteiger partial charge in [-0.1, -0.05) is 30.7 Å². The van der Waals surface area contributed by atoms with E-state index >= 15 is 0 Å². The molecule has 3 heterocycles. The van der Waals surface area contributed by atoms with Gasteiger partial charge in [0, 0.05) is 24.1 Å². The minimum absolute atomic E-state index is 0.209. The number of furan rings is 1. The molecule has 37 heavy (non-hydrogen) atoms. The highest BCUT2D eigenvalue weighted by Gasteiger charge is 2.35. The molecule has 198 valence electrons. The monoisotopic (exact) mass is 557 g/mol. The van der Waals surface area contributed by atoms with Crippen LogP contribution in [0.15, 0.2) is 58.5 Å². The lowest BCUT2D eigenvalue weighted by Gasteiger charge is -2.08. The highest BCUT2D eigenvalue weighted by atomic mass is 35.5. The Morgan fingerprint density at radius 3 is 2.49 bits per heavy atom. The van der Waals surface area contributed by atoms with Crippen molar-refractivity contribution >= 4 is 40.7 Å². The fraction of sp³-hybridized carbons (Fsp3) is 0.208. The fourth-order valence-corrected chi connectivity index (χ4v) is 4.33. The van der Waals surface area contributed by atoms with Crippen LogP contribution in [0.4, 0.5) is 18.2 Å². The second-order valence-corrected chi connectivity index (χ2v) is 8.14. The van der Waals surface area contributed by atoms with Gasteiger partial charge in [0.05, 0.1) is 22.0 Å². The van der Waals surface area contributed by atoms with E-state index in [1.54, 1.807) is 29.7 Å². The molecule has 0 amide bonds. The van der Waals surface area contributed by atoms with Crippen molar-refractivity contribution in [2.75, 3.05) is 19.0 Å². The molecule has 0 aliphatic carbocycles. The van der Waals surface area contributed by atoms with Crippen molar-refractivity contribution in [3.05, 3.63) is 70.4 Å². The molecular weight excluding hydrogens is 535 g/mol. The van der Waals surface area contributed by atoms with E-state index in [1.165, 1.54) is 28.3 Å². The molecular formula is C24H23ClF3N3O5S. The number of aromatic nitrogens is 2. The Labute approximate surface area is 219 Å². The number of rotatable bonds is 7. The Bertz CT molecular complexity index is 1270. The predicted molar refractivity (Wildman–Crippen MR) is 135 cm³/mol. The number of para-hydroxylation sites is 1. The second kappa shape index (κ2) is 14.1. The maximum atomic E-state index is 12.7. The minimum atomic E-state index is -4.62. The fourth-order valence-electron chi connectivity index (χ4n) is 3.10. The SMILES string of the molecule is CCc1c(-c2ccco2)csc1NC.O=CCOc1cc(C(F)(F)F)nn1-c1ccccc1Cl.O=CO. The Kier molecular flexibility index (Phi) is 11.2. The van der Waals surface area contributed by atoms with Gasteiger partial charge in [0.1, 0.15) is 12.4 Å². The average Bonchev–Trinajstić information content (AvgIpc) is 3.62. The van der Waals surface area contributed by atoms with E-state index in [0.717, 1.165) is 16.9 Å². The number of hydrogen-bond donors (Lipinski definition) is 2. The molecule has 3 aromatic heterocycles. The number of carbonyl (C=O) groups is 2. The van der Waals surface area contributed by atoms with Gasteiger partial charge in [-0.2, -0.15) is 23.0 Å². The Morgan fingerprint density at radius 2 is 1.95 bits per heavy atom. The van der Waals surface area contributed by atoms with Crippen LogP contribution in [0.1, 0.15) is 18.2 Å². The van der Waals surface area contributed by atoms with Gasteiger partial charge in [0.2, 0.25) is 5.88 Å². The molecule has 0 spiro atoms. The van der Waals surface area contributed by atoms with E-state index in [4.69, 9.17) is 30.7 Å². The number of halogens is 4. The Hall–Kier alpha value is -3.77. The first kappa shape index (κ1) is 29.5. The summed E-state index contributed by atoms with van der Waals surface area (Å²) in [5.74, 6) is 0.747. The van der Waals surface area contributed by atoms with Crippen LogP contribution in [0.5, 0.6) is 5.88 Å². The molecule has 0 aliphatic heterocycles. The van der Waals surface area contributed by atoms with Gasteiger partial charge in [0.15, 0.2) is 12.0 Å². The zero-order chi connectivity index (χ0) is 27.4. The lowest BCUT2D eigenvalue weighted by Crippen LogP contribution is -2.08.